The quantitative estimate of drug-likeness (QED) is 0.818. The van der Waals surface area contributed by atoms with Gasteiger partial charge < -0.3 is 14.9 Å². The zero-order valence-corrected chi connectivity index (χ0v) is 11.1. The van der Waals surface area contributed by atoms with Gasteiger partial charge in [-0.1, -0.05) is 0 Å². The molecule has 2 N–H and O–H groups in total. The van der Waals surface area contributed by atoms with Crippen molar-refractivity contribution in [1.29, 1.82) is 0 Å². The topological polar surface area (TPSA) is 83.8 Å². The molecule has 2 fully saturated rings. The predicted molar refractivity (Wildman–Crippen MR) is 67.8 cm³/mol. The molecule has 0 aliphatic heterocycles. The van der Waals surface area contributed by atoms with Gasteiger partial charge in [-0.25, -0.2) is 0 Å². The number of carboxylic acid groups (broad SMARTS) is 2. The maximum absolute atomic E-state index is 10.9. The van der Waals surface area contributed by atoms with Crippen molar-refractivity contribution in [2.24, 2.45) is 11.8 Å². The van der Waals surface area contributed by atoms with Crippen LogP contribution < -0.4 is 0 Å². The molecule has 0 heterocycles. The Morgan fingerprint density at radius 2 is 1.00 bits per heavy atom. The lowest BCUT2D eigenvalue weighted by molar-refractivity contribution is -0.145. The zero-order chi connectivity index (χ0) is 13.8. The summed E-state index contributed by atoms with van der Waals surface area (Å²) in [5.74, 6) is -1.80. The fraction of sp³-hybridized carbons (Fsp3) is 0.857. The van der Waals surface area contributed by atoms with E-state index in [1.54, 1.807) is 0 Å². The van der Waals surface area contributed by atoms with E-state index in [2.05, 4.69) is 0 Å². The Labute approximate surface area is 112 Å². The SMILES string of the molecule is O=C(O)C1CCC(OC2CCC(C(=O)O)CC2)CC1. The van der Waals surface area contributed by atoms with Crippen molar-refractivity contribution < 1.29 is 24.5 Å². The van der Waals surface area contributed by atoms with Crippen LogP contribution in [-0.4, -0.2) is 34.4 Å². The maximum Gasteiger partial charge on any atom is 0.306 e. The summed E-state index contributed by atoms with van der Waals surface area (Å²) in [4.78, 5) is 21.7. The molecule has 19 heavy (non-hydrogen) atoms. The molecule has 5 nitrogen and oxygen atoms in total. The van der Waals surface area contributed by atoms with E-state index < -0.39 is 11.9 Å². The average molecular weight is 270 g/mol. The van der Waals surface area contributed by atoms with Crippen molar-refractivity contribution in [1.82, 2.24) is 0 Å². The third kappa shape index (κ3) is 3.93. The van der Waals surface area contributed by atoms with E-state index in [0.717, 1.165) is 25.7 Å². The second-order valence-electron chi connectivity index (χ2n) is 5.76. The van der Waals surface area contributed by atoms with Gasteiger partial charge in [-0.3, -0.25) is 9.59 Å². The van der Waals surface area contributed by atoms with Crippen LogP contribution in [0.25, 0.3) is 0 Å². The first-order chi connectivity index (χ1) is 9.06. The van der Waals surface area contributed by atoms with E-state index in [1.807, 2.05) is 0 Å². The molecular weight excluding hydrogens is 248 g/mol. The Morgan fingerprint density at radius 3 is 1.26 bits per heavy atom. The molecule has 0 unspecified atom stereocenters. The number of hydrogen-bond acceptors (Lipinski definition) is 3. The summed E-state index contributed by atoms with van der Waals surface area (Å²) in [6, 6.07) is 0. The molecule has 108 valence electrons. The number of rotatable bonds is 4. The Morgan fingerprint density at radius 1 is 0.684 bits per heavy atom. The Balaban J connectivity index is 1.69. The highest BCUT2D eigenvalue weighted by Crippen LogP contribution is 2.31. The number of ether oxygens (including phenoxy) is 1. The van der Waals surface area contributed by atoms with E-state index in [9.17, 15) is 9.59 Å². The van der Waals surface area contributed by atoms with Crippen molar-refractivity contribution in [2.75, 3.05) is 0 Å². The number of carboxylic acids is 2. The van der Waals surface area contributed by atoms with Crippen LogP contribution in [0.3, 0.4) is 0 Å². The van der Waals surface area contributed by atoms with Crippen LogP contribution >= 0.6 is 0 Å². The highest BCUT2D eigenvalue weighted by molar-refractivity contribution is 5.70. The van der Waals surface area contributed by atoms with E-state index in [1.165, 1.54) is 0 Å². The molecule has 0 radical (unpaired) electrons. The van der Waals surface area contributed by atoms with Gasteiger partial charge in [0.15, 0.2) is 0 Å². The number of carbonyl (C=O) groups is 2. The van der Waals surface area contributed by atoms with Gasteiger partial charge in [-0.05, 0) is 51.4 Å². The van der Waals surface area contributed by atoms with E-state index in [-0.39, 0.29) is 24.0 Å². The summed E-state index contributed by atoms with van der Waals surface area (Å²) >= 11 is 0. The molecule has 0 saturated heterocycles. The molecule has 2 rings (SSSR count). The first kappa shape index (κ1) is 14.3. The zero-order valence-electron chi connectivity index (χ0n) is 11.1. The fourth-order valence-corrected chi connectivity index (χ4v) is 3.16. The monoisotopic (exact) mass is 270 g/mol. The second-order valence-corrected chi connectivity index (χ2v) is 5.76. The number of hydrogen-bond donors (Lipinski definition) is 2. The van der Waals surface area contributed by atoms with E-state index in [4.69, 9.17) is 14.9 Å². The smallest absolute Gasteiger partial charge is 0.306 e. The minimum absolute atomic E-state index is 0.168. The molecule has 0 atom stereocenters. The van der Waals surface area contributed by atoms with Gasteiger partial charge in [0.2, 0.25) is 0 Å². The molecule has 0 spiro atoms. The molecule has 0 bridgehead atoms. The summed E-state index contributed by atoms with van der Waals surface area (Å²) in [6.45, 7) is 0. The highest BCUT2D eigenvalue weighted by atomic mass is 16.5. The Hall–Kier alpha value is -1.10. The third-order valence-corrected chi connectivity index (χ3v) is 4.43. The van der Waals surface area contributed by atoms with Gasteiger partial charge in [0.1, 0.15) is 0 Å². The van der Waals surface area contributed by atoms with E-state index >= 15 is 0 Å². The van der Waals surface area contributed by atoms with Gasteiger partial charge >= 0.3 is 11.9 Å². The minimum atomic E-state index is -0.694. The number of aliphatic carboxylic acids is 2. The molecule has 0 aromatic rings. The van der Waals surface area contributed by atoms with Crippen molar-refractivity contribution in [3.63, 3.8) is 0 Å². The Bertz CT molecular complexity index is 293. The molecular formula is C14H22O5. The van der Waals surface area contributed by atoms with Gasteiger partial charge in [0.05, 0.1) is 24.0 Å². The second kappa shape index (κ2) is 6.37. The largest absolute Gasteiger partial charge is 0.481 e. The van der Waals surface area contributed by atoms with Crippen molar-refractivity contribution in [3.05, 3.63) is 0 Å². The summed E-state index contributed by atoms with van der Waals surface area (Å²) in [5, 5.41) is 17.9. The summed E-state index contributed by atoms with van der Waals surface area (Å²) in [6.07, 6.45) is 6.39. The third-order valence-electron chi connectivity index (χ3n) is 4.43. The minimum Gasteiger partial charge on any atom is -0.481 e. The summed E-state index contributed by atoms with van der Waals surface area (Å²) in [5.41, 5.74) is 0. The molecule has 0 aromatic carbocycles. The summed E-state index contributed by atoms with van der Waals surface area (Å²) in [7, 11) is 0. The summed E-state index contributed by atoms with van der Waals surface area (Å²) < 4.78 is 6.00. The Kier molecular flexibility index (Phi) is 4.80. The molecule has 0 aromatic heterocycles. The highest BCUT2D eigenvalue weighted by Gasteiger charge is 2.31. The van der Waals surface area contributed by atoms with Crippen LogP contribution in [0.4, 0.5) is 0 Å². The van der Waals surface area contributed by atoms with Crippen LogP contribution in [0, 0.1) is 11.8 Å². The van der Waals surface area contributed by atoms with Gasteiger partial charge in [0.25, 0.3) is 0 Å². The molecule has 0 amide bonds. The van der Waals surface area contributed by atoms with Crippen LogP contribution in [-0.2, 0) is 14.3 Å². The van der Waals surface area contributed by atoms with Gasteiger partial charge in [0, 0.05) is 0 Å². The van der Waals surface area contributed by atoms with Gasteiger partial charge in [-0.2, -0.15) is 0 Å². The standard InChI is InChI=1S/C14H22O5/c15-13(16)9-1-5-11(6-2-9)19-12-7-3-10(4-8-12)14(17)18/h9-12H,1-8H2,(H,15,16)(H,17,18). The lowest BCUT2D eigenvalue weighted by Crippen LogP contribution is -2.32. The van der Waals surface area contributed by atoms with Gasteiger partial charge in [-0.15, -0.1) is 0 Å². The lowest BCUT2D eigenvalue weighted by Gasteiger charge is -2.33. The first-order valence-corrected chi connectivity index (χ1v) is 7.17. The van der Waals surface area contributed by atoms with Crippen molar-refractivity contribution in [2.45, 2.75) is 63.6 Å². The molecule has 2 aliphatic rings. The first-order valence-electron chi connectivity index (χ1n) is 7.17. The van der Waals surface area contributed by atoms with Crippen molar-refractivity contribution >= 4 is 11.9 Å². The molecule has 2 saturated carbocycles. The van der Waals surface area contributed by atoms with Crippen LogP contribution in [0.15, 0.2) is 0 Å². The van der Waals surface area contributed by atoms with E-state index in [0.29, 0.717) is 25.7 Å². The van der Waals surface area contributed by atoms with Crippen LogP contribution in [0.5, 0.6) is 0 Å². The molecule has 5 heteroatoms. The molecule has 2 aliphatic carbocycles. The lowest BCUT2D eigenvalue weighted by atomic mass is 9.85. The maximum atomic E-state index is 10.9. The van der Waals surface area contributed by atoms with Crippen LogP contribution in [0.1, 0.15) is 51.4 Å². The predicted octanol–water partition coefficient (Wildman–Crippen LogP) is 2.29. The van der Waals surface area contributed by atoms with Crippen molar-refractivity contribution in [3.8, 4) is 0 Å². The average Bonchev–Trinajstić information content (AvgIpc) is 2.40. The van der Waals surface area contributed by atoms with Crippen LogP contribution in [0.2, 0.25) is 0 Å². The fourth-order valence-electron chi connectivity index (χ4n) is 3.16. The normalized spacial score (nSPS) is 35.8.